The van der Waals surface area contributed by atoms with E-state index in [4.69, 9.17) is 5.73 Å². The van der Waals surface area contributed by atoms with E-state index in [-0.39, 0.29) is 0 Å². The molecule has 0 saturated heterocycles. The van der Waals surface area contributed by atoms with E-state index in [0.717, 1.165) is 32.3 Å². The molecule has 3 rings (SSSR count). The summed E-state index contributed by atoms with van der Waals surface area (Å²) >= 11 is 3.53. The van der Waals surface area contributed by atoms with E-state index < -0.39 is 0 Å². The Morgan fingerprint density at radius 2 is 2.18 bits per heavy atom. The number of halogens is 1. The molecule has 1 aliphatic carbocycles. The van der Waals surface area contributed by atoms with Crippen molar-refractivity contribution >= 4 is 38.2 Å². The fraction of sp³-hybridized carbons (Fsp3) is 0.308. The predicted octanol–water partition coefficient (Wildman–Crippen LogP) is 3.46. The zero-order valence-corrected chi connectivity index (χ0v) is 11.2. The largest absolute Gasteiger partial charge is 0.398 e. The number of aryl methyl sites for hydroxylation is 1. The second-order valence-corrected chi connectivity index (χ2v) is 5.45. The number of benzene rings is 1. The molecule has 88 valence electrons. The van der Waals surface area contributed by atoms with Gasteiger partial charge in [-0.1, -0.05) is 12.1 Å². The van der Waals surface area contributed by atoms with Crippen LogP contribution < -0.4 is 11.1 Å². The lowest BCUT2D eigenvalue weighted by Gasteiger charge is -2.12. The molecule has 1 aromatic heterocycles. The summed E-state index contributed by atoms with van der Waals surface area (Å²) in [5.41, 5.74) is 8.08. The van der Waals surface area contributed by atoms with E-state index in [9.17, 15) is 0 Å². The van der Waals surface area contributed by atoms with Crippen LogP contribution >= 0.6 is 15.9 Å². The fourth-order valence-electron chi connectivity index (χ4n) is 1.97. The first-order chi connectivity index (χ1) is 8.16. The van der Waals surface area contributed by atoms with Gasteiger partial charge in [-0.25, -0.2) is 4.98 Å². The Labute approximate surface area is 109 Å². The molecule has 3 nitrogen and oxygen atoms in total. The average Bonchev–Trinajstić information content (AvgIpc) is 3.11. The number of hydrogen-bond acceptors (Lipinski definition) is 3. The highest BCUT2D eigenvalue weighted by atomic mass is 79.9. The number of nitrogen functional groups attached to an aromatic ring is 1. The Hall–Kier alpha value is -1.29. The number of rotatable bonds is 2. The first-order valence-corrected chi connectivity index (χ1v) is 6.56. The normalized spacial score (nSPS) is 15.2. The molecule has 0 amide bonds. The first-order valence-electron chi connectivity index (χ1n) is 5.76. The molecule has 2 aromatic rings. The smallest absolute Gasteiger partial charge is 0.134 e. The molecule has 0 unspecified atom stereocenters. The van der Waals surface area contributed by atoms with Crippen LogP contribution in [0.1, 0.15) is 18.4 Å². The second kappa shape index (κ2) is 3.88. The minimum Gasteiger partial charge on any atom is -0.398 e. The van der Waals surface area contributed by atoms with Gasteiger partial charge in [-0.15, -0.1) is 0 Å². The summed E-state index contributed by atoms with van der Waals surface area (Å²) in [6.45, 7) is 2.02. The summed E-state index contributed by atoms with van der Waals surface area (Å²) in [6, 6.07) is 4.72. The third-order valence-electron chi connectivity index (χ3n) is 3.18. The number of nitrogens with zero attached hydrogens (tertiary/aromatic N) is 1. The molecule has 0 spiro atoms. The predicted molar refractivity (Wildman–Crippen MR) is 75.2 cm³/mol. The lowest BCUT2D eigenvalue weighted by molar-refractivity contribution is 1.12. The standard InChI is InChI=1S/C13H14BrN3/c1-7-2-5-9-11(12(7)15)10(14)6-16-13(9)17-8-3-4-8/h2,5-6,8H,3-4,15H2,1H3,(H,16,17). The van der Waals surface area contributed by atoms with E-state index in [1.165, 1.54) is 12.8 Å². The van der Waals surface area contributed by atoms with Crippen molar-refractivity contribution < 1.29 is 0 Å². The molecule has 1 aliphatic rings. The maximum absolute atomic E-state index is 6.15. The summed E-state index contributed by atoms with van der Waals surface area (Å²) in [7, 11) is 0. The number of anilines is 2. The van der Waals surface area contributed by atoms with Crippen molar-refractivity contribution in [1.82, 2.24) is 4.98 Å². The van der Waals surface area contributed by atoms with Crippen molar-refractivity contribution in [1.29, 1.82) is 0 Å². The molecular formula is C13H14BrN3. The van der Waals surface area contributed by atoms with Crippen LogP contribution in [0.3, 0.4) is 0 Å². The zero-order chi connectivity index (χ0) is 12.0. The molecule has 4 heteroatoms. The molecule has 1 saturated carbocycles. The van der Waals surface area contributed by atoms with Crippen LogP contribution in [0.5, 0.6) is 0 Å². The van der Waals surface area contributed by atoms with Crippen LogP contribution in [0.25, 0.3) is 10.8 Å². The number of aromatic nitrogens is 1. The molecule has 0 radical (unpaired) electrons. The summed E-state index contributed by atoms with van der Waals surface area (Å²) in [4.78, 5) is 4.44. The van der Waals surface area contributed by atoms with Gasteiger partial charge in [0.05, 0.1) is 0 Å². The molecule has 1 heterocycles. The van der Waals surface area contributed by atoms with E-state index >= 15 is 0 Å². The molecule has 0 atom stereocenters. The van der Waals surface area contributed by atoms with Gasteiger partial charge < -0.3 is 11.1 Å². The molecule has 17 heavy (non-hydrogen) atoms. The minimum atomic E-state index is 0.592. The topological polar surface area (TPSA) is 50.9 Å². The van der Waals surface area contributed by atoms with Gasteiger partial charge in [-0.3, -0.25) is 0 Å². The molecule has 0 aliphatic heterocycles. The van der Waals surface area contributed by atoms with Crippen LogP contribution in [-0.2, 0) is 0 Å². The van der Waals surface area contributed by atoms with E-state index in [2.05, 4.69) is 32.3 Å². The summed E-state index contributed by atoms with van der Waals surface area (Å²) in [6.07, 6.45) is 4.30. The summed E-state index contributed by atoms with van der Waals surface area (Å²) < 4.78 is 0.954. The summed E-state index contributed by atoms with van der Waals surface area (Å²) in [5, 5.41) is 5.60. The average molecular weight is 292 g/mol. The van der Waals surface area contributed by atoms with Crippen LogP contribution in [0.15, 0.2) is 22.8 Å². The number of fused-ring (bicyclic) bond motifs is 1. The van der Waals surface area contributed by atoms with Crippen molar-refractivity contribution in [3.8, 4) is 0 Å². The van der Waals surface area contributed by atoms with E-state index in [1.807, 2.05) is 19.2 Å². The molecule has 1 aromatic carbocycles. The van der Waals surface area contributed by atoms with E-state index in [1.54, 1.807) is 0 Å². The monoisotopic (exact) mass is 291 g/mol. The van der Waals surface area contributed by atoms with Gasteiger partial charge in [0.25, 0.3) is 0 Å². The quantitative estimate of drug-likeness (QED) is 0.833. The Kier molecular flexibility index (Phi) is 2.47. The Bertz CT molecular complexity index is 591. The highest BCUT2D eigenvalue weighted by Crippen LogP contribution is 2.36. The van der Waals surface area contributed by atoms with Crippen molar-refractivity contribution in [2.75, 3.05) is 11.1 Å². The molecule has 0 bridgehead atoms. The second-order valence-electron chi connectivity index (χ2n) is 4.59. The zero-order valence-electron chi connectivity index (χ0n) is 9.63. The maximum Gasteiger partial charge on any atom is 0.134 e. The Morgan fingerprint density at radius 3 is 2.88 bits per heavy atom. The van der Waals surface area contributed by atoms with Gasteiger partial charge in [0.15, 0.2) is 0 Å². The fourth-order valence-corrected chi connectivity index (χ4v) is 2.50. The lowest BCUT2D eigenvalue weighted by Crippen LogP contribution is -2.04. The van der Waals surface area contributed by atoms with Crippen LogP contribution in [0, 0.1) is 6.92 Å². The van der Waals surface area contributed by atoms with Crippen molar-refractivity contribution in [2.24, 2.45) is 0 Å². The van der Waals surface area contributed by atoms with Gasteiger partial charge >= 0.3 is 0 Å². The van der Waals surface area contributed by atoms with Gasteiger partial charge in [-0.2, -0.15) is 0 Å². The lowest BCUT2D eigenvalue weighted by atomic mass is 10.1. The van der Waals surface area contributed by atoms with Crippen molar-refractivity contribution in [2.45, 2.75) is 25.8 Å². The molecule has 1 fully saturated rings. The SMILES string of the molecule is Cc1ccc2c(NC3CC3)ncc(Br)c2c1N. The molecule has 3 N–H and O–H groups in total. The van der Waals surface area contributed by atoms with Crippen LogP contribution in [-0.4, -0.2) is 11.0 Å². The molecular weight excluding hydrogens is 278 g/mol. The van der Waals surface area contributed by atoms with Crippen LogP contribution in [0.4, 0.5) is 11.5 Å². The summed E-state index contributed by atoms with van der Waals surface area (Å²) in [5.74, 6) is 0.942. The minimum absolute atomic E-state index is 0.592. The van der Waals surface area contributed by atoms with Gasteiger partial charge in [0, 0.05) is 33.2 Å². The van der Waals surface area contributed by atoms with Crippen molar-refractivity contribution in [3.63, 3.8) is 0 Å². The number of nitrogens with one attached hydrogen (secondary N) is 1. The highest BCUT2D eigenvalue weighted by Gasteiger charge is 2.22. The number of pyridine rings is 1. The van der Waals surface area contributed by atoms with Gasteiger partial charge in [0.1, 0.15) is 5.82 Å². The first kappa shape index (κ1) is 10.8. The third kappa shape index (κ3) is 1.86. The van der Waals surface area contributed by atoms with E-state index in [0.29, 0.717) is 6.04 Å². The van der Waals surface area contributed by atoms with Crippen LogP contribution in [0.2, 0.25) is 0 Å². The Balaban J connectivity index is 2.24. The third-order valence-corrected chi connectivity index (χ3v) is 3.78. The van der Waals surface area contributed by atoms with Gasteiger partial charge in [-0.05, 0) is 41.3 Å². The van der Waals surface area contributed by atoms with Crippen molar-refractivity contribution in [3.05, 3.63) is 28.4 Å². The van der Waals surface area contributed by atoms with Gasteiger partial charge in [0.2, 0.25) is 0 Å². The number of hydrogen-bond donors (Lipinski definition) is 2. The Morgan fingerprint density at radius 1 is 1.41 bits per heavy atom. The maximum atomic E-state index is 6.15. The number of nitrogens with two attached hydrogens (primary N) is 1. The highest BCUT2D eigenvalue weighted by molar-refractivity contribution is 9.10.